The van der Waals surface area contributed by atoms with Gasteiger partial charge in [-0.1, -0.05) is 26.0 Å². The summed E-state index contributed by atoms with van der Waals surface area (Å²) in [5.41, 5.74) is 7.00. The molecule has 2 atom stereocenters. The minimum atomic E-state index is -0.949. The average molecular weight is 257 g/mol. The predicted octanol–water partition coefficient (Wildman–Crippen LogP) is 2.55. The van der Waals surface area contributed by atoms with Gasteiger partial charge in [0.2, 0.25) is 0 Å². The van der Waals surface area contributed by atoms with Gasteiger partial charge < -0.3 is 5.73 Å². The van der Waals surface area contributed by atoms with E-state index >= 15 is 0 Å². The number of hydrogen-bond donors (Lipinski definition) is 1. The summed E-state index contributed by atoms with van der Waals surface area (Å²) in [6.07, 6.45) is 0.895. The van der Waals surface area contributed by atoms with Gasteiger partial charge in [0.05, 0.1) is 0 Å². The Morgan fingerprint density at radius 2 is 2.18 bits per heavy atom. The van der Waals surface area contributed by atoms with Gasteiger partial charge in [0.1, 0.15) is 5.82 Å². The molecule has 1 rings (SSSR count). The van der Waals surface area contributed by atoms with Crippen molar-refractivity contribution in [2.45, 2.75) is 31.9 Å². The molecule has 96 valence electrons. The summed E-state index contributed by atoms with van der Waals surface area (Å²) in [5.74, 6) is 0.974. The minimum absolute atomic E-state index is 0.173. The molecule has 1 aromatic carbocycles. The van der Waals surface area contributed by atoms with Crippen LogP contribution in [-0.2, 0) is 16.6 Å². The van der Waals surface area contributed by atoms with Gasteiger partial charge in [-0.25, -0.2) is 4.39 Å². The maximum absolute atomic E-state index is 13.6. The Bertz CT molecular complexity index is 395. The van der Waals surface area contributed by atoms with E-state index in [4.69, 9.17) is 5.73 Å². The second-order valence-corrected chi connectivity index (χ2v) is 5.82. The van der Waals surface area contributed by atoms with Gasteiger partial charge in [-0.15, -0.1) is 0 Å². The summed E-state index contributed by atoms with van der Waals surface area (Å²) in [6.45, 7) is 4.45. The highest BCUT2D eigenvalue weighted by Gasteiger charge is 2.11. The molecule has 0 aliphatic heterocycles. The first-order chi connectivity index (χ1) is 8.08. The van der Waals surface area contributed by atoms with Crippen LogP contribution in [0.25, 0.3) is 0 Å². The molecular formula is C13H20FNOS. The zero-order chi connectivity index (χ0) is 12.8. The third-order valence-electron chi connectivity index (χ3n) is 2.88. The Hall–Kier alpha value is -0.740. The van der Waals surface area contributed by atoms with Crippen LogP contribution in [0.3, 0.4) is 0 Å². The molecule has 17 heavy (non-hydrogen) atoms. The standard InChI is InChI=1S/C13H20FNOS/c1-3-10(2)12-8-11(4-5-13(12)14)9-17(16)7-6-15/h4-5,8,10H,3,6-7,9,15H2,1-2H3. The second kappa shape index (κ2) is 6.87. The lowest BCUT2D eigenvalue weighted by atomic mass is 9.96. The molecule has 0 saturated heterocycles. The normalized spacial score (nSPS) is 14.6. The van der Waals surface area contributed by atoms with Crippen molar-refractivity contribution in [1.82, 2.24) is 0 Å². The van der Waals surface area contributed by atoms with Crippen molar-refractivity contribution < 1.29 is 8.60 Å². The first-order valence-electron chi connectivity index (χ1n) is 5.91. The molecule has 0 aliphatic rings. The number of benzene rings is 1. The smallest absolute Gasteiger partial charge is 0.126 e. The fourth-order valence-electron chi connectivity index (χ4n) is 1.67. The zero-order valence-corrected chi connectivity index (χ0v) is 11.2. The molecule has 0 spiro atoms. The van der Waals surface area contributed by atoms with E-state index in [1.165, 1.54) is 6.07 Å². The lowest BCUT2D eigenvalue weighted by Gasteiger charge is -2.12. The summed E-state index contributed by atoms with van der Waals surface area (Å²) >= 11 is 0. The number of hydrogen-bond acceptors (Lipinski definition) is 2. The molecule has 0 fully saturated rings. The SMILES string of the molecule is CCC(C)c1cc(CS(=O)CCN)ccc1F. The van der Waals surface area contributed by atoms with Gasteiger partial charge in [-0.05, 0) is 29.5 Å². The van der Waals surface area contributed by atoms with Crippen molar-refractivity contribution >= 4 is 10.8 Å². The first kappa shape index (κ1) is 14.3. The van der Waals surface area contributed by atoms with Gasteiger partial charge in [-0.2, -0.15) is 0 Å². The van der Waals surface area contributed by atoms with Crippen molar-refractivity contribution in [2.75, 3.05) is 12.3 Å². The molecule has 0 saturated carbocycles. The Labute approximate surface area is 105 Å². The van der Waals surface area contributed by atoms with E-state index < -0.39 is 10.8 Å². The molecule has 0 aromatic heterocycles. The van der Waals surface area contributed by atoms with E-state index in [9.17, 15) is 8.60 Å². The van der Waals surface area contributed by atoms with E-state index in [2.05, 4.69) is 0 Å². The van der Waals surface area contributed by atoms with Gasteiger partial charge in [0.25, 0.3) is 0 Å². The van der Waals surface area contributed by atoms with Crippen LogP contribution < -0.4 is 5.73 Å². The van der Waals surface area contributed by atoms with Crippen LogP contribution in [0.1, 0.15) is 37.3 Å². The van der Waals surface area contributed by atoms with E-state index in [1.54, 1.807) is 6.07 Å². The molecule has 2 unspecified atom stereocenters. The molecule has 1 aromatic rings. The van der Waals surface area contributed by atoms with E-state index in [0.29, 0.717) is 18.1 Å². The van der Waals surface area contributed by atoms with Crippen LogP contribution in [-0.4, -0.2) is 16.5 Å². The predicted molar refractivity (Wildman–Crippen MR) is 70.9 cm³/mol. The summed E-state index contributed by atoms with van der Waals surface area (Å²) in [6, 6.07) is 5.00. The van der Waals surface area contributed by atoms with Gasteiger partial charge in [0.15, 0.2) is 0 Å². The lowest BCUT2D eigenvalue weighted by Crippen LogP contribution is -2.11. The Balaban J connectivity index is 2.85. The zero-order valence-electron chi connectivity index (χ0n) is 10.4. The van der Waals surface area contributed by atoms with Crippen molar-refractivity contribution in [3.8, 4) is 0 Å². The Morgan fingerprint density at radius 3 is 2.76 bits per heavy atom. The van der Waals surface area contributed by atoms with E-state index in [-0.39, 0.29) is 11.7 Å². The summed E-state index contributed by atoms with van der Waals surface area (Å²) in [5, 5.41) is 0. The van der Waals surface area contributed by atoms with Crippen molar-refractivity contribution in [1.29, 1.82) is 0 Å². The summed E-state index contributed by atoms with van der Waals surface area (Å²) in [4.78, 5) is 0. The van der Waals surface area contributed by atoms with Crippen LogP contribution in [0.2, 0.25) is 0 Å². The number of rotatable bonds is 6. The highest BCUT2D eigenvalue weighted by atomic mass is 32.2. The summed E-state index contributed by atoms with van der Waals surface area (Å²) in [7, 11) is -0.949. The number of halogens is 1. The second-order valence-electron chi connectivity index (χ2n) is 4.24. The average Bonchev–Trinajstić information content (AvgIpc) is 2.31. The van der Waals surface area contributed by atoms with Crippen LogP contribution in [0.4, 0.5) is 4.39 Å². The minimum Gasteiger partial charge on any atom is -0.330 e. The summed E-state index contributed by atoms with van der Waals surface area (Å²) < 4.78 is 25.2. The highest BCUT2D eigenvalue weighted by Crippen LogP contribution is 2.23. The monoisotopic (exact) mass is 257 g/mol. The Morgan fingerprint density at radius 1 is 1.47 bits per heavy atom. The molecule has 2 nitrogen and oxygen atoms in total. The molecule has 4 heteroatoms. The molecule has 0 radical (unpaired) electrons. The molecular weight excluding hydrogens is 237 g/mol. The maximum Gasteiger partial charge on any atom is 0.126 e. The van der Waals surface area contributed by atoms with Crippen LogP contribution in [0.5, 0.6) is 0 Å². The fraction of sp³-hybridized carbons (Fsp3) is 0.538. The largest absolute Gasteiger partial charge is 0.330 e. The van der Waals surface area contributed by atoms with Gasteiger partial charge in [-0.3, -0.25) is 4.21 Å². The van der Waals surface area contributed by atoms with Gasteiger partial charge >= 0.3 is 0 Å². The van der Waals surface area contributed by atoms with Crippen molar-refractivity contribution in [2.24, 2.45) is 5.73 Å². The Kier molecular flexibility index (Phi) is 5.78. The van der Waals surface area contributed by atoms with Crippen LogP contribution in [0, 0.1) is 5.82 Å². The maximum atomic E-state index is 13.6. The molecule has 2 N–H and O–H groups in total. The van der Waals surface area contributed by atoms with Crippen molar-refractivity contribution in [3.63, 3.8) is 0 Å². The third-order valence-corrected chi connectivity index (χ3v) is 4.22. The molecule has 0 aliphatic carbocycles. The fourth-order valence-corrected chi connectivity index (χ4v) is 2.63. The topological polar surface area (TPSA) is 43.1 Å². The van der Waals surface area contributed by atoms with Gasteiger partial charge in [0, 0.05) is 28.9 Å². The lowest BCUT2D eigenvalue weighted by molar-refractivity contribution is 0.583. The first-order valence-corrected chi connectivity index (χ1v) is 7.40. The van der Waals surface area contributed by atoms with E-state index in [1.807, 2.05) is 19.9 Å². The third kappa shape index (κ3) is 4.21. The molecule has 0 amide bonds. The highest BCUT2D eigenvalue weighted by molar-refractivity contribution is 7.84. The van der Waals surface area contributed by atoms with Crippen LogP contribution >= 0.6 is 0 Å². The quantitative estimate of drug-likeness (QED) is 0.851. The van der Waals surface area contributed by atoms with Crippen molar-refractivity contribution in [3.05, 3.63) is 35.1 Å². The van der Waals surface area contributed by atoms with E-state index in [0.717, 1.165) is 17.5 Å². The number of nitrogens with two attached hydrogens (primary N) is 1. The molecule has 0 bridgehead atoms. The molecule has 0 heterocycles. The van der Waals surface area contributed by atoms with Crippen LogP contribution in [0.15, 0.2) is 18.2 Å².